The quantitative estimate of drug-likeness (QED) is 0.886. The van der Waals surface area contributed by atoms with Crippen LogP contribution in [0.5, 0.6) is 0 Å². The molecule has 0 spiro atoms. The predicted octanol–water partition coefficient (Wildman–Crippen LogP) is 4.47. The molecule has 1 atom stereocenters. The lowest BCUT2D eigenvalue weighted by atomic mass is 9.88. The second-order valence-electron chi connectivity index (χ2n) is 6.63. The van der Waals surface area contributed by atoms with Crippen LogP contribution in [-0.4, -0.2) is 11.9 Å². The molecule has 22 heavy (non-hydrogen) atoms. The summed E-state index contributed by atoms with van der Waals surface area (Å²) in [5, 5.41) is 5.75. The normalized spacial score (nSPS) is 17.3. The van der Waals surface area contributed by atoms with Gasteiger partial charge in [0.25, 0.3) is 0 Å². The van der Waals surface area contributed by atoms with Crippen molar-refractivity contribution in [2.24, 2.45) is 5.92 Å². The molecule has 1 N–H and O–H groups in total. The first kappa shape index (κ1) is 15.1. The lowest BCUT2D eigenvalue weighted by Gasteiger charge is -2.23. The fraction of sp³-hybridized carbons (Fsp3) is 0.450. The Hall–Kier alpha value is -1.83. The Bertz CT molecular complexity index is 643. The fourth-order valence-electron chi connectivity index (χ4n) is 3.50. The van der Waals surface area contributed by atoms with Crippen LogP contribution in [0.3, 0.4) is 0 Å². The van der Waals surface area contributed by atoms with Gasteiger partial charge in [0.2, 0.25) is 5.91 Å². The van der Waals surface area contributed by atoms with Crippen molar-refractivity contribution in [3.8, 4) is 0 Å². The Labute approximate surface area is 132 Å². The van der Waals surface area contributed by atoms with Crippen LogP contribution >= 0.6 is 0 Å². The van der Waals surface area contributed by atoms with Gasteiger partial charge in [-0.15, -0.1) is 0 Å². The molecule has 116 valence electrons. The summed E-state index contributed by atoms with van der Waals surface area (Å²) in [5.74, 6) is 0.501. The van der Waals surface area contributed by atoms with Crippen LogP contribution in [0.1, 0.15) is 44.6 Å². The minimum absolute atomic E-state index is 0.190. The van der Waals surface area contributed by atoms with Crippen LogP contribution in [0.25, 0.3) is 10.8 Å². The molecule has 1 unspecified atom stereocenters. The van der Waals surface area contributed by atoms with Gasteiger partial charge in [-0.1, -0.05) is 61.7 Å². The third kappa shape index (κ3) is 3.68. The zero-order valence-electron chi connectivity index (χ0n) is 13.3. The van der Waals surface area contributed by atoms with Crippen LogP contribution in [0, 0.1) is 5.92 Å². The van der Waals surface area contributed by atoms with Crippen molar-refractivity contribution < 1.29 is 4.79 Å². The van der Waals surface area contributed by atoms with Crippen molar-refractivity contribution >= 4 is 16.7 Å². The SMILES string of the molecule is CC(Cc1ccc2ccccc2c1)NC(=O)C1CCCCC1. The van der Waals surface area contributed by atoms with Crippen molar-refractivity contribution in [1.29, 1.82) is 0 Å². The number of carbonyl (C=O) groups is 1. The minimum Gasteiger partial charge on any atom is -0.353 e. The van der Waals surface area contributed by atoms with Gasteiger partial charge in [0.1, 0.15) is 0 Å². The molecule has 1 aliphatic rings. The maximum Gasteiger partial charge on any atom is 0.223 e. The van der Waals surface area contributed by atoms with Gasteiger partial charge in [0, 0.05) is 12.0 Å². The molecule has 0 radical (unpaired) electrons. The van der Waals surface area contributed by atoms with E-state index < -0.39 is 0 Å². The van der Waals surface area contributed by atoms with Crippen LogP contribution in [0.2, 0.25) is 0 Å². The van der Waals surface area contributed by atoms with Gasteiger partial charge in [0.05, 0.1) is 0 Å². The molecular weight excluding hydrogens is 270 g/mol. The number of fused-ring (bicyclic) bond motifs is 1. The number of hydrogen-bond donors (Lipinski definition) is 1. The summed E-state index contributed by atoms with van der Waals surface area (Å²) in [7, 11) is 0. The summed E-state index contributed by atoms with van der Waals surface area (Å²) in [4.78, 5) is 12.3. The van der Waals surface area contributed by atoms with Crippen molar-refractivity contribution in [1.82, 2.24) is 5.32 Å². The van der Waals surface area contributed by atoms with E-state index in [2.05, 4.69) is 54.7 Å². The van der Waals surface area contributed by atoms with Gasteiger partial charge in [-0.25, -0.2) is 0 Å². The van der Waals surface area contributed by atoms with Crippen LogP contribution < -0.4 is 5.32 Å². The first-order chi connectivity index (χ1) is 10.7. The molecule has 0 aromatic heterocycles. The van der Waals surface area contributed by atoms with Crippen molar-refractivity contribution in [2.75, 3.05) is 0 Å². The zero-order valence-corrected chi connectivity index (χ0v) is 13.3. The summed E-state index contributed by atoms with van der Waals surface area (Å²) < 4.78 is 0. The minimum atomic E-state index is 0.190. The molecule has 2 aromatic carbocycles. The maximum absolute atomic E-state index is 12.3. The highest BCUT2D eigenvalue weighted by atomic mass is 16.1. The van der Waals surface area contributed by atoms with E-state index in [0.29, 0.717) is 0 Å². The third-order valence-electron chi connectivity index (χ3n) is 4.72. The number of amides is 1. The summed E-state index contributed by atoms with van der Waals surface area (Å²) in [5.41, 5.74) is 1.29. The average Bonchev–Trinajstić information content (AvgIpc) is 2.55. The second kappa shape index (κ2) is 6.95. The van der Waals surface area contributed by atoms with Crippen molar-refractivity contribution in [3.05, 3.63) is 48.0 Å². The van der Waals surface area contributed by atoms with Gasteiger partial charge in [-0.2, -0.15) is 0 Å². The fourth-order valence-corrected chi connectivity index (χ4v) is 3.50. The smallest absolute Gasteiger partial charge is 0.223 e. The standard InChI is InChI=1S/C20H25NO/c1-15(21-20(22)18-8-3-2-4-9-18)13-16-11-12-17-7-5-6-10-19(17)14-16/h5-7,10-12,14-15,18H,2-4,8-9,13H2,1H3,(H,21,22). The second-order valence-corrected chi connectivity index (χ2v) is 6.63. The van der Waals surface area contributed by atoms with Gasteiger partial charge in [0.15, 0.2) is 0 Å². The Morgan fingerprint density at radius 1 is 1.09 bits per heavy atom. The van der Waals surface area contributed by atoms with Crippen molar-refractivity contribution in [2.45, 2.75) is 51.5 Å². The molecule has 2 heteroatoms. The van der Waals surface area contributed by atoms with E-state index in [1.165, 1.54) is 35.6 Å². The molecular formula is C20H25NO. The monoisotopic (exact) mass is 295 g/mol. The van der Waals surface area contributed by atoms with E-state index in [1.54, 1.807) is 0 Å². The number of benzene rings is 2. The Morgan fingerprint density at radius 3 is 2.59 bits per heavy atom. The molecule has 0 heterocycles. The molecule has 1 fully saturated rings. The molecule has 0 saturated heterocycles. The van der Waals surface area contributed by atoms with Gasteiger partial charge in [-0.3, -0.25) is 4.79 Å². The largest absolute Gasteiger partial charge is 0.353 e. The summed E-state index contributed by atoms with van der Waals surface area (Å²) in [6, 6.07) is 15.2. The molecule has 1 aliphatic carbocycles. The van der Waals surface area contributed by atoms with Gasteiger partial charge < -0.3 is 5.32 Å². The highest BCUT2D eigenvalue weighted by molar-refractivity contribution is 5.83. The van der Waals surface area contributed by atoms with Crippen LogP contribution in [0.15, 0.2) is 42.5 Å². The third-order valence-corrected chi connectivity index (χ3v) is 4.72. The zero-order chi connectivity index (χ0) is 15.4. The summed E-state index contributed by atoms with van der Waals surface area (Å²) >= 11 is 0. The summed E-state index contributed by atoms with van der Waals surface area (Å²) in [6.07, 6.45) is 6.72. The topological polar surface area (TPSA) is 29.1 Å². The number of carbonyl (C=O) groups excluding carboxylic acids is 1. The van der Waals surface area contributed by atoms with Crippen molar-refractivity contribution in [3.63, 3.8) is 0 Å². The highest BCUT2D eigenvalue weighted by Crippen LogP contribution is 2.24. The lowest BCUT2D eigenvalue weighted by molar-refractivity contribution is -0.126. The number of rotatable bonds is 4. The van der Waals surface area contributed by atoms with Gasteiger partial charge in [-0.05, 0) is 42.5 Å². The van der Waals surface area contributed by atoms with Gasteiger partial charge >= 0.3 is 0 Å². The molecule has 1 saturated carbocycles. The molecule has 0 bridgehead atoms. The Morgan fingerprint density at radius 2 is 1.82 bits per heavy atom. The lowest BCUT2D eigenvalue weighted by Crippen LogP contribution is -2.39. The van der Waals surface area contributed by atoms with E-state index in [1.807, 2.05) is 0 Å². The van der Waals surface area contributed by atoms with Crippen LogP contribution in [0.4, 0.5) is 0 Å². The molecule has 2 aromatic rings. The molecule has 3 rings (SSSR count). The maximum atomic E-state index is 12.3. The highest BCUT2D eigenvalue weighted by Gasteiger charge is 2.22. The average molecular weight is 295 g/mol. The first-order valence-corrected chi connectivity index (χ1v) is 8.50. The van der Waals surface area contributed by atoms with E-state index in [-0.39, 0.29) is 17.9 Å². The first-order valence-electron chi connectivity index (χ1n) is 8.50. The predicted molar refractivity (Wildman–Crippen MR) is 91.8 cm³/mol. The van der Waals surface area contributed by atoms with E-state index in [9.17, 15) is 4.79 Å². The van der Waals surface area contributed by atoms with E-state index in [0.717, 1.165) is 19.3 Å². The molecule has 0 aliphatic heterocycles. The van der Waals surface area contributed by atoms with E-state index in [4.69, 9.17) is 0 Å². The number of hydrogen-bond acceptors (Lipinski definition) is 1. The van der Waals surface area contributed by atoms with E-state index >= 15 is 0 Å². The number of nitrogens with one attached hydrogen (secondary N) is 1. The Kier molecular flexibility index (Phi) is 4.77. The molecule has 2 nitrogen and oxygen atoms in total. The molecule has 1 amide bonds. The Balaban J connectivity index is 1.60. The summed E-state index contributed by atoms with van der Waals surface area (Å²) in [6.45, 7) is 2.11. The van der Waals surface area contributed by atoms with Crippen LogP contribution in [-0.2, 0) is 11.2 Å².